The molecule has 3 aromatic heterocycles. The molecule has 4 aromatic rings. The van der Waals surface area contributed by atoms with Gasteiger partial charge in [-0.1, -0.05) is 6.07 Å². The molecule has 2 aliphatic rings. The Hall–Kier alpha value is -3.23. The second-order valence-corrected chi connectivity index (χ2v) is 9.17. The molecular weight excluding hydrogens is 400 g/mol. The number of nitrogens with one attached hydrogen (secondary N) is 1. The molecule has 1 aromatic carbocycles. The van der Waals surface area contributed by atoms with Crippen LogP contribution in [0.25, 0.3) is 33.3 Å². The summed E-state index contributed by atoms with van der Waals surface area (Å²) in [6, 6.07) is 13.5. The number of nitrogen functional groups attached to an aromatic ring is 1. The van der Waals surface area contributed by atoms with Crippen LogP contribution < -0.4 is 10.6 Å². The van der Waals surface area contributed by atoms with Crippen LogP contribution in [0.3, 0.4) is 0 Å². The first-order valence-electron chi connectivity index (χ1n) is 11.3. The van der Waals surface area contributed by atoms with Gasteiger partial charge in [-0.05, 0) is 44.3 Å². The van der Waals surface area contributed by atoms with E-state index in [0.717, 1.165) is 71.7 Å². The molecule has 1 unspecified atom stereocenters. The Labute approximate surface area is 187 Å². The van der Waals surface area contributed by atoms with Crippen LogP contribution in [0.4, 0.5) is 11.6 Å². The number of likely N-dealkylation sites (N-methyl/N-ethyl adjacent to an activating group) is 1. The van der Waals surface area contributed by atoms with E-state index in [-0.39, 0.29) is 0 Å². The molecule has 0 saturated carbocycles. The fourth-order valence-corrected chi connectivity index (χ4v) is 4.82. The van der Waals surface area contributed by atoms with Gasteiger partial charge in [0.1, 0.15) is 0 Å². The Morgan fingerprint density at radius 2 is 1.81 bits per heavy atom. The van der Waals surface area contributed by atoms with Crippen LogP contribution in [0, 0.1) is 0 Å². The van der Waals surface area contributed by atoms with Crippen molar-refractivity contribution >= 4 is 33.7 Å². The van der Waals surface area contributed by atoms with Gasteiger partial charge in [0.05, 0.1) is 39.6 Å². The van der Waals surface area contributed by atoms with Crippen molar-refractivity contribution in [1.29, 1.82) is 0 Å². The summed E-state index contributed by atoms with van der Waals surface area (Å²) in [6.07, 6.45) is 1.98. The number of fused-ring (bicyclic) bond motifs is 2. The average molecular weight is 429 g/mol. The number of hydrogen-bond acceptors (Lipinski definition) is 7. The molecule has 8 heteroatoms. The van der Waals surface area contributed by atoms with Crippen molar-refractivity contribution in [2.45, 2.75) is 19.0 Å². The van der Waals surface area contributed by atoms with Gasteiger partial charge in [-0.15, -0.1) is 0 Å². The molecule has 32 heavy (non-hydrogen) atoms. The van der Waals surface area contributed by atoms with E-state index in [1.807, 2.05) is 36.5 Å². The summed E-state index contributed by atoms with van der Waals surface area (Å²) in [5.74, 6) is 0.427. The second kappa shape index (κ2) is 7.43. The summed E-state index contributed by atoms with van der Waals surface area (Å²) in [5, 5.41) is 0. The largest absolute Gasteiger partial charge is 0.369 e. The summed E-state index contributed by atoms with van der Waals surface area (Å²) in [7, 11) is 2.22. The third-order valence-corrected chi connectivity index (χ3v) is 7.05. The molecule has 2 saturated heterocycles. The van der Waals surface area contributed by atoms with Crippen molar-refractivity contribution in [3.8, 4) is 11.3 Å². The van der Waals surface area contributed by atoms with Gasteiger partial charge in [-0.25, -0.2) is 9.97 Å². The number of aromatic nitrogens is 4. The van der Waals surface area contributed by atoms with Gasteiger partial charge in [0.25, 0.3) is 0 Å². The normalized spacial score (nSPS) is 20.8. The number of H-pyrrole nitrogens is 1. The lowest BCUT2D eigenvalue weighted by Gasteiger charge is -2.50. The van der Waals surface area contributed by atoms with Crippen LogP contribution in [-0.4, -0.2) is 81.6 Å². The molecule has 0 aliphatic carbocycles. The Kier molecular flexibility index (Phi) is 4.51. The summed E-state index contributed by atoms with van der Waals surface area (Å²) < 4.78 is 0. The molecule has 3 N–H and O–H groups in total. The minimum atomic E-state index is 0.427. The van der Waals surface area contributed by atoms with Gasteiger partial charge < -0.3 is 20.5 Å². The fraction of sp³-hybridized carbons (Fsp3) is 0.375. The number of nitrogens with two attached hydrogens (primary N) is 1. The molecule has 2 aliphatic heterocycles. The summed E-state index contributed by atoms with van der Waals surface area (Å²) in [6.45, 7) is 7.90. The lowest BCUT2D eigenvalue weighted by atomic mass is 10.0. The molecule has 0 bridgehead atoms. The molecule has 0 spiro atoms. The number of hydrogen-bond donors (Lipinski definition) is 2. The van der Waals surface area contributed by atoms with Crippen LogP contribution in [0.2, 0.25) is 0 Å². The molecule has 1 atom stereocenters. The van der Waals surface area contributed by atoms with Crippen LogP contribution >= 0.6 is 0 Å². The van der Waals surface area contributed by atoms with Crippen molar-refractivity contribution in [2.75, 3.05) is 50.4 Å². The fourth-order valence-electron chi connectivity index (χ4n) is 4.82. The maximum absolute atomic E-state index is 5.79. The number of benzene rings is 1. The third-order valence-electron chi connectivity index (χ3n) is 7.05. The Morgan fingerprint density at radius 1 is 0.969 bits per heavy atom. The standard InChI is InChI=1S/C24H28N8/c1-15-12-31(8-7-30(15)2)18-13-32(14-18)17-10-23-20(26-11-17)6-5-19(27-23)16-3-4-21-22(9-16)29-24(25)28-21/h3-6,9-11,15,18H,7-8,12-14H2,1-2H3,(H3,25,28,29). The van der Waals surface area contributed by atoms with E-state index < -0.39 is 0 Å². The maximum Gasteiger partial charge on any atom is 0.198 e. The SMILES string of the molecule is CC1CN(C2CN(c3cnc4ccc(-c5ccc6nc(N)[nH]c6c5)nc4c3)C2)CCN1C. The van der Waals surface area contributed by atoms with Gasteiger partial charge in [0.15, 0.2) is 5.95 Å². The molecule has 8 nitrogen and oxygen atoms in total. The monoisotopic (exact) mass is 428 g/mol. The maximum atomic E-state index is 5.79. The van der Waals surface area contributed by atoms with Gasteiger partial charge in [0.2, 0.25) is 0 Å². The van der Waals surface area contributed by atoms with E-state index in [1.54, 1.807) is 0 Å². The minimum Gasteiger partial charge on any atom is -0.369 e. The number of nitrogens with zero attached hydrogens (tertiary/aromatic N) is 6. The number of imidazole rings is 1. The van der Waals surface area contributed by atoms with E-state index >= 15 is 0 Å². The third kappa shape index (κ3) is 3.36. The highest BCUT2D eigenvalue weighted by atomic mass is 15.4. The predicted molar refractivity (Wildman–Crippen MR) is 129 cm³/mol. The summed E-state index contributed by atoms with van der Waals surface area (Å²) >= 11 is 0. The summed E-state index contributed by atoms with van der Waals surface area (Å²) in [5.41, 5.74) is 12.5. The molecule has 6 rings (SSSR count). The van der Waals surface area contributed by atoms with Gasteiger partial charge in [-0.2, -0.15) is 0 Å². The molecule has 0 radical (unpaired) electrons. The number of rotatable bonds is 3. The Balaban J connectivity index is 1.22. The second-order valence-electron chi connectivity index (χ2n) is 9.17. The number of aromatic amines is 1. The minimum absolute atomic E-state index is 0.427. The lowest BCUT2D eigenvalue weighted by molar-refractivity contribution is 0.0612. The molecule has 164 valence electrons. The van der Waals surface area contributed by atoms with Crippen LogP contribution in [0.5, 0.6) is 0 Å². The highest BCUT2D eigenvalue weighted by Gasteiger charge is 2.35. The molecule has 5 heterocycles. The van der Waals surface area contributed by atoms with Crippen molar-refractivity contribution in [1.82, 2.24) is 29.7 Å². The van der Waals surface area contributed by atoms with Crippen LogP contribution in [-0.2, 0) is 0 Å². The molecule has 0 amide bonds. The molecule has 2 fully saturated rings. The van der Waals surface area contributed by atoms with E-state index in [1.165, 1.54) is 0 Å². The predicted octanol–water partition coefficient (Wildman–Crippen LogP) is 2.58. The highest BCUT2D eigenvalue weighted by molar-refractivity contribution is 5.85. The smallest absolute Gasteiger partial charge is 0.198 e. The summed E-state index contributed by atoms with van der Waals surface area (Å²) in [4.78, 5) is 24.5. The van der Waals surface area contributed by atoms with Gasteiger partial charge >= 0.3 is 0 Å². The zero-order valence-electron chi connectivity index (χ0n) is 18.5. The first kappa shape index (κ1) is 19.5. The van der Waals surface area contributed by atoms with E-state index in [4.69, 9.17) is 10.7 Å². The van der Waals surface area contributed by atoms with Crippen molar-refractivity contribution in [3.63, 3.8) is 0 Å². The average Bonchev–Trinajstić information content (AvgIpc) is 3.14. The Bertz CT molecular complexity index is 1290. The van der Waals surface area contributed by atoms with Gasteiger partial charge in [0, 0.05) is 50.4 Å². The topological polar surface area (TPSA) is 90.2 Å². The first-order valence-corrected chi connectivity index (χ1v) is 11.3. The molecular formula is C24H28N8. The zero-order chi connectivity index (χ0) is 21.8. The van der Waals surface area contributed by atoms with Gasteiger partial charge in [-0.3, -0.25) is 9.88 Å². The lowest BCUT2D eigenvalue weighted by Crippen LogP contribution is -2.64. The number of piperazine rings is 1. The first-order chi connectivity index (χ1) is 15.5. The van der Waals surface area contributed by atoms with Crippen LogP contribution in [0.15, 0.2) is 42.6 Å². The number of anilines is 2. The Morgan fingerprint density at radius 3 is 2.66 bits per heavy atom. The zero-order valence-corrected chi connectivity index (χ0v) is 18.5. The highest BCUT2D eigenvalue weighted by Crippen LogP contribution is 2.29. The van der Waals surface area contributed by atoms with Crippen molar-refractivity contribution in [2.24, 2.45) is 0 Å². The van der Waals surface area contributed by atoms with Crippen molar-refractivity contribution in [3.05, 3.63) is 42.6 Å². The van der Waals surface area contributed by atoms with E-state index in [2.05, 4.69) is 49.7 Å². The van der Waals surface area contributed by atoms with Crippen LogP contribution in [0.1, 0.15) is 6.92 Å². The number of pyridine rings is 2. The van der Waals surface area contributed by atoms with E-state index in [9.17, 15) is 0 Å². The van der Waals surface area contributed by atoms with E-state index in [0.29, 0.717) is 18.0 Å². The van der Waals surface area contributed by atoms with Crippen molar-refractivity contribution < 1.29 is 0 Å². The quantitative estimate of drug-likeness (QED) is 0.518.